The van der Waals surface area contributed by atoms with Gasteiger partial charge in [-0.05, 0) is 30.2 Å². The number of carbonyl (C=O) groups is 1. The van der Waals surface area contributed by atoms with Crippen LogP contribution in [0.15, 0.2) is 36.4 Å². The van der Waals surface area contributed by atoms with Crippen molar-refractivity contribution in [3.63, 3.8) is 0 Å². The first-order chi connectivity index (χ1) is 11.3. The fourth-order valence-electron chi connectivity index (χ4n) is 2.81. The number of carbonyl (C=O) groups excluding carboxylic acids is 1. The van der Waals surface area contributed by atoms with Crippen LogP contribution in [0.1, 0.15) is 11.3 Å². The molecular weight excluding hydrogens is 294 g/mol. The molecule has 2 aliphatic heterocycles. The Hall–Kier alpha value is -2.76. The number of benzene rings is 1. The number of rotatable bonds is 4. The van der Waals surface area contributed by atoms with E-state index in [0.717, 1.165) is 30.2 Å². The summed E-state index contributed by atoms with van der Waals surface area (Å²) >= 11 is 0. The number of nitrogens with zero attached hydrogens (tertiary/aromatic N) is 2. The number of ether oxygens (including phenoxy) is 2. The minimum atomic E-state index is -0.312. The number of aromatic nitrogens is 1. The lowest BCUT2D eigenvalue weighted by molar-refractivity contribution is 0.181. The van der Waals surface area contributed by atoms with E-state index in [4.69, 9.17) is 9.47 Å². The van der Waals surface area contributed by atoms with Crippen LogP contribution < -0.4 is 15.0 Å². The molecule has 23 heavy (non-hydrogen) atoms. The fourth-order valence-corrected chi connectivity index (χ4v) is 2.81. The van der Waals surface area contributed by atoms with Crippen molar-refractivity contribution in [2.45, 2.75) is 13.0 Å². The van der Waals surface area contributed by atoms with Crippen molar-refractivity contribution in [3.05, 3.63) is 47.7 Å². The van der Waals surface area contributed by atoms with Gasteiger partial charge in [-0.2, -0.15) is 0 Å². The summed E-state index contributed by atoms with van der Waals surface area (Å²) in [6.07, 6.45) is 0.714. The maximum Gasteiger partial charge on any atom is 0.414 e. The Morgan fingerprint density at radius 2 is 2.26 bits per heavy atom. The van der Waals surface area contributed by atoms with Crippen molar-refractivity contribution in [3.8, 4) is 5.75 Å². The van der Waals surface area contributed by atoms with E-state index < -0.39 is 0 Å². The molecule has 118 valence electrons. The topological polar surface area (TPSA) is 63.7 Å². The van der Waals surface area contributed by atoms with Crippen molar-refractivity contribution in [1.29, 1.82) is 0 Å². The van der Waals surface area contributed by atoms with E-state index in [-0.39, 0.29) is 6.09 Å². The molecule has 0 saturated carbocycles. The summed E-state index contributed by atoms with van der Waals surface area (Å²) in [5, 5.41) is 3.27. The highest BCUT2D eigenvalue weighted by Crippen LogP contribution is 2.25. The maximum absolute atomic E-state index is 11.6. The van der Waals surface area contributed by atoms with Gasteiger partial charge in [0.2, 0.25) is 0 Å². The largest absolute Gasteiger partial charge is 0.487 e. The zero-order valence-electron chi connectivity index (χ0n) is 12.6. The second kappa shape index (κ2) is 5.79. The van der Waals surface area contributed by atoms with Gasteiger partial charge in [0, 0.05) is 12.6 Å². The molecule has 0 spiro atoms. The Labute approximate surface area is 134 Å². The highest BCUT2D eigenvalue weighted by molar-refractivity contribution is 5.89. The van der Waals surface area contributed by atoms with Crippen LogP contribution in [0.5, 0.6) is 5.75 Å². The first-order valence-corrected chi connectivity index (χ1v) is 7.69. The van der Waals surface area contributed by atoms with E-state index in [2.05, 4.69) is 16.4 Å². The van der Waals surface area contributed by atoms with Gasteiger partial charge in [0.25, 0.3) is 0 Å². The van der Waals surface area contributed by atoms with Gasteiger partial charge in [-0.15, -0.1) is 0 Å². The van der Waals surface area contributed by atoms with Crippen molar-refractivity contribution in [1.82, 2.24) is 4.98 Å². The zero-order valence-corrected chi connectivity index (χ0v) is 12.6. The molecule has 1 amide bonds. The Bertz CT molecular complexity index is 748. The molecule has 0 atom stereocenters. The Kier molecular flexibility index (Phi) is 3.49. The lowest BCUT2D eigenvalue weighted by atomic mass is 10.2. The smallest absolute Gasteiger partial charge is 0.414 e. The number of nitrogens with one attached hydrogen (secondary N) is 1. The SMILES string of the molecule is O=C1OCCN1c1cccc(OCc2ccc3c(n2)NCC3)c1. The quantitative estimate of drug-likeness (QED) is 0.940. The average Bonchev–Trinajstić information content (AvgIpc) is 3.21. The van der Waals surface area contributed by atoms with Crippen LogP contribution in [0.3, 0.4) is 0 Å². The molecule has 1 aromatic carbocycles. The Morgan fingerprint density at radius 3 is 3.13 bits per heavy atom. The number of hydrogen-bond donors (Lipinski definition) is 1. The minimum absolute atomic E-state index is 0.312. The average molecular weight is 311 g/mol. The van der Waals surface area contributed by atoms with Gasteiger partial charge in [0.15, 0.2) is 0 Å². The van der Waals surface area contributed by atoms with Crippen LogP contribution in [-0.2, 0) is 17.8 Å². The second-order valence-corrected chi connectivity index (χ2v) is 5.54. The first kappa shape index (κ1) is 13.9. The molecule has 6 nitrogen and oxygen atoms in total. The third kappa shape index (κ3) is 2.79. The van der Waals surface area contributed by atoms with Crippen LogP contribution >= 0.6 is 0 Å². The van der Waals surface area contributed by atoms with Crippen molar-refractivity contribution in [2.75, 3.05) is 29.9 Å². The lowest BCUT2D eigenvalue weighted by Crippen LogP contribution is -2.23. The van der Waals surface area contributed by atoms with E-state index in [0.29, 0.717) is 25.5 Å². The molecular formula is C17H17N3O3. The zero-order chi connectivity index (χ0) is 15.6. The van der Waals surface area contributed by atoms with Crippen LogP contribution in [0, 0.1) is 0 Å². The third-order valence-electron chi connectivity index (χ3n) is 4.00. The molecule has 0 bridgehead atoms. The molecule has 4 rings (SSSR count). The first-order valence-electron chi connectivity index (χ1n) is 7.69. The highest BCUT2D eigenvalue weighted by Gasteiger charge is 2.23. The van der Waals surface area contributed by atoms with Crippen LogP contribution in [-0.4, -0.2) is 30.8 Å². The van der Waals surface area contributed by atoms with E-state index in [9.17, 15) is 4.79 Å². The molecule has 0 radical (unpaired) electrons. The van der Waals surface area contributed by atoms with E-state index in [1.807, 2.05) is 30.3 Å². The summed E-state index contributed by atoms with van der Waals surface area (Å²) in [5.74, 6) is 1.66. The van der Waals surface area contributed by atoms with Crippen molar-refractivity contribution in [2.24, 2.45) is 0 Å². The number of cyclic esters (lactones) is 1. The fraction of sp³-hybridized carbons (Fsp3) is 0.294. The van der Waals surface area contributed by atoms with Crippen molar-refractivity contribution < 1.29 is 14.3 Å². The number of pyridine rings is 1. The molecule has 3 heterocycles. The second-order valence-electron chi connectivity index (χ2n) is 5.54. The Balaban J connectivity index is 1.46. The number of amides is 1. The van der Waals surface area contributed by atoms with Gasteiger partial charge in [-0.25, -0.2) is 9.78 Å². The lowest BCUT2D eigenvalue weighted by Gasteiger charge is -2.14. The summed E-state index contributed by atoms with van der Waals surface area (Å²) < 4.78 is 10.8. The molecule has 1 fully saturated rings. The number of hydrogen-bond acceptors (Lipinski definition) is 5. The molecule has 2 aromatic rings. The summed E-state index contributed by atoms with van der Waals surface area (Å²) in [4.78, 5) is 17.8. The van der Waals surface area contributed by atoms with Crippen LogP contribution in [0.2, 0.25) is 0 Å². The molecule has 0 aliphatic carbocycles. The molecule has 1 aromatic heterocycles. The predicted octanol–water partition coefficient (Wildman–Crippen LogP) is 2.59. The molecule has 6 heteroatoms. The highest BCUT2D eigenvalue weighted by atomic mass is 16.6. The van der Waals surface area contributed by atoms with Gasteiger partial charge >= 0.3 is 6.09 Å². The third-order valence-corrected chi connectivity index (χ3v) is 4.00. The van der Waals surface area contributed by atoms with Crippen LogP contribution in [0.4, 0.5) is 16.3 Å². The van der Waals surface area contributed by atoms with Gasteiger partial charge < -0.3 is 14.8 Å². The summed E-state index contributed by atoms with van der Waals surface area (Å²) in [6, 6.07) is 11.5. The summed E-state index contributed by atoms with van der Waals surface area (Å²) in [6.45, 7) is 2.33. The standard InChI is InChI=1S/C17H17N3O3/c21-17-20(8-9-22-17)14-2-1-3-15(10-14)23-11-13-5-4-12-6-7-18-16(12)19-13/h1-5,10H,6-9,11H2,(H,18,19). The van der Waals surface area contributed by atoms with Crippen LogP contribution in [0.25, 0.3) is 0 Å². The molecule has 2 aliphatic rings. The Morgan fingerprint density at radius 1 is 1.30 bits per heavy atom. The molecule has 0 unspecified atom stereocenters. The van der Waals surface area contributed by atoms with E-state index >= 15 is 0 Å². The summed E-state index contributed by atoms with van der Waals surface area (Å²) in [5.41, 5.74) is 2.92. The maximum atomic E-state index is 11.6. The minimum Gasteiger partial charge on any atom is -0.487 e. The van der Waals surface area contributed by atoms with Gasteiger partial charge in [-0.3, -0.25) is 4.90 Å². The van der Waals surface area contributed by atoms with E-state index in [1.54, 1.807) is 4.90 Å². The summed E-state index contributed by atoms with van der Waals surface area (Å²) in [7, 11) is 0. The molecule has 1 saturated heterocycles. The predicted molar refractivity (Wildman–Crippen MR) is 85.9 cm³/mol. The van der Waals surface area contributed by atoms with E-state index in [1.165, 1.54) is 5.56 Å². The van der Waals surface area contributed by atoms with Gasteiger partial charge in [0.1, 0.15) is 24.8 Å². The normalized spacial score (nSPS) is 16.0. The molecule has 1 N–H and O–H groups in total. The number of fused-ring (bicyclic) bond motifs is 1. The van der Waals surface area contributed by atoms with Gasteiger partial charge in [-0.1, -0.05) is 12.1 Å². The number of anilines is 2. The van der Waals surface area contributed by atoms with Crippen molar-refractivity contribution >= 4 is 17.6 Å². The monoisotopic (exact) mass is 311 g/mol. The van der Waals surface area contributed by atoms with Gasteiger partial charge in [0.05, 0.1) is 17.9 Å².